The van der Waals surface area contributed by atoms with Crippen molar-refractivity contribution in [3.63, 3.8) is 0 Å². The number of ketones is 1. The van der Waals surface area contributed by atoms with Crippen LogP contribution in [0.5, 0.6) is 0 Å². The summed E-state index contributed by atoms with van der Waals surface area (Å²) >= 11 is 0. The highest BCUT2D eigenvalue weighted by molar-refractivity contribution is 5.83. The fraction of sp³-hybridized carbons (Fsp3) is 0.846. The van der Waals surface area contributed by atoms with E-state index in [9.17, 15) is 9.59 Å². The number of esters is 1. The van der Waals surface area contributed by atoms with Crippen LogP contribution in [0, 0.1) is 5.41 Å². The summed E-state index contributed by atoms with van der Waals surface area (Å²) in [6.45, 7) is 7.19. The summed E-state index contributed by atoms with van der Waals surface area (Å²) < 4.78 is 10.9. The van der Waals surface area contributed by atoms with Crippen molar-refractivity contribution in [2.75, 3.05) is 6.61 Å². The van der Waals surface area contributed by atoms with Crippen molar-refractivity contribution in [3.8, 4) is 0 Å². The Morgan fingerprint density at radius 3 is 2.47 bits per heavy atom. The maximum absolute atomic E-state index is 12.0. The molecular weight excluding hydrogens is 220 g/mol. The van der Waals surface area contributed by atoms with Crippen molar-refractivity contribution in [2.45, 2.75) is 59.2 Å². The average molecular weight is 242 g/mol. The summed E-state index contributed by atoms with van der Waals surface area (Å²) in [5, 5.41) is 0. The molecule has 3 atom stereocenters. The standard InChI is InChI=1S/C13H22O4/c1-5-10-7-13(4,11(6-2)17-10)12(15)16-8-9(3)14/h10-11H,5-8H2,1-4H3. The minimum absolute atomic E-state index is 0.105. The summed E-state index contributed by atoms with van der Waals surface area (Å²) in [7, 11) is 0. The molecule has 0 aromatic carbocycles. The maximum Gasteiger partial charge on any atom is 0.314 e. The van der Waals surface area contributed by atoms with Crippen molar-refractivity contribution in [1.82, 2.24) is 0 Å². The van der Waals surface area contributed by atoms with E-state index in [4.69, 9.17) is 9.47 Å². The van der Waals surface area contributed by atoms with Crippen LogP contribution >= 0.6 is 0 Å². The van der Waals surface area contributed by atoms with Crippen LogP contribution in [0.2, 0.25) is 0 Å². The molecule has 0 radical (unpaired) electrons. The summed E-state index contributed by atoms with van der Waals surface area (Å²) in [6.07, 6.45) is 2.37. The Bertz CT molecular complexity index is 300. The molecule has 17 heavy (non-hydrogen) atoms. The van der Waals surface area contributed by atoms with Gasteiger partial charge >= 0.3 is 5.97 Å². The van der Waals surface area contributed by atoms with Crippen LogP contribution < -0.4 is 0 Å². The van der Waals surface area contributed by atoms with Crippen molar-refractivity contribution in [3.05, 3.63) is 0 Å². The number of carbonyl (C=O) groups excluding carboxylic acids is 2. The van der Waals surface area contributed by atoms with E-state index < -0.39 is 5.41 Å². The second-order valence-corrected chi connectivity index (χ2v) is 4.96. The van der Waals surface area contributed by atoms with E-state index in [1.807, 2.05) is 20.8 Å². The molecule has 1 fully saturated rings. The molecule has 4 heteroatoms. The first-order chi connectivity index (χ1) is 7.93. The number of carbonyl (C=O) groups is 2. The normalized spacial score (nSPS) is 32.5. The van der Waals surface area contributed by atoms with Crippen molar-refractivity contribution >= 4 is 11.8 Å². The summed E-state index contributed by atoms with van der Waals surface area (Å²) in [6, 6.07) is 0. The zero-order valence-electron chi connectivity index (χ0n) is 11.1. The van der Waals surface area contributed by atoms with Gasteiger partial charge in [-0.15, -0.1) is 0 Å². The van der Waals surface area contributed by atoms with Gasteiger partial charge in [0.25, 0.3) is 0 Å². The molecule has 3 unspecified atom stereocenters. The van der Waals surface area contributed by atoms with E-state index in [0.717, 1.165) is 12.8 Å². The second-order valence-electron chi connectivity index (χ2n) is 4.96. The van der Waals surface area contributed by atoms with Gasteiger partial charge in [0, 0.05) is 0 Å². The van der Waals surface area contributed by atoms with Gasteiger partial charge in [-0.25, -0.2) is 0 Å². The van der Waals surface area contributed by atoms with Crippen LogP contribution in [0.15, 0.2) is 0 Å². The zero-order chi connectivity index (χ0) is 13.1. The first-order valence-corrected chi connectivity index (χ1v) is 6.26. The van der Waals surface area contributed by atoms with Gasteiger partial charge in [0.2, 0.25) is 0 Å². The number of Topliss-reactive ketones (excluding diaryl/α,β-unsaturated/α-hetero) is 1. The van der Waals surface area contributed by atoms with Gasteiger partial charge in [-0.3, -0.25) is 9.59 Å². The fourth-order valence-electron chi connectivity index (χ4n) is 2.37. The van der Waals surface area contributed by atoms with Gasteiger partial charge < -0.3 is 9.47 Å². The molecule has 0 spiro atoms. The van der Waals surface area contributed by atoms with E-state index in [0.29, 0.717) is 6.42 Å². The molecule has 1 aliphatic heterocycles. The lowest BCUT2D eigenvalue weighted by Gasteiger charge is -2.26. The molecule has 1 heterocycles. The fourth-order valence-corrected chi connectivity index (χ4v) is 2.37. The minimum atomic E-state index is -0.606. The molecule has 0 aliphatic carbocycles. The SMILES string of the molecule is CCC1CC(C)(C(=O)OCC(C)=O)C(CC)O1. The lowest BCUT2D eigenvalue weighted by Crippen LogP contribution is -2.38. The lowest BCUT2D eigenvalue weighted by molar-refractivity contribution is -0.160. The summed E-state index contributed by atoms with van der Waals surface area (Å²) in [5.74, 6) is -0.448. The Morgan fingerprint density at radius 2 is 2.00 bits per heavy atom. The van der Waals surface area contributed by atoms with Crippen molar-refractivity contribution in [2.24, 2.45) is 5.41 Å². The van der Waals surface area contributed by atoms with Crippen LogP contribution in [0.25, 0.3) is 0 Å². The highest BCUT2D eigenvalue weighted by Gasteiger charge is 2.50. The summed E-state index contributed by atoms with van der Waals surface area (Å²) in [5.41, 5.74) is -0.606. The zero-order valence-corrected chi connectivity index (χ0v) is 11.1. The Hall–Kier alpha value is -0.900. The van der Waals surface area contributed by atoms with E-state index >= 15 is 0 Å². The molecule has 4 nitrogen and oxygen atoms in total. The quantitative estimate of drug-likeness (QED) is 0.693. The monoisotopic (exact) mass is 242 g/mol. The van der Waals surface area contributed by atoms with Crippen molar-refractivity contribution in [1.29, 1.82) is 0 Å². The van der Waals surface area contributed by atoms with Crippen LogP contribution in [0.3, 0.4) is 0 Å². The molecule has 1 saturated heterocycles. The third kappa shape index (κ3) is 3.06. The second kappa shape index (κ2) is 5.63. The first kappa shape index (κ1) is 14.2. The Balaban J connectivity index is 2.70. The van der Waals surface area contributed by atoms with Gasteiger partial charge in [0.05, 0.1) is 17.6 Å². The van der Waals surface area contributed by atoms with Gasteiger partial charge in [-0.05, 0) is 33.1 Å². The third-order valence-corrected chi connectivity index (χ3v) is 3.42. The number of rotatable bonds is 5. The predicted octanol–water partition coefficient (Wildman–Crippen LogP) is 2.10. The molecule has 0 saturated carbocycles. The lowest BCUT2D eigenvalue weighted by atomic mass is 9.80. The van der Waals surface area contributed by atoms with E-state index in [-0.39, 0.29) is 30.6 Å². The van der Waals surface area contributed by atoms with Gasteiger partial charge in [-0.2, -0.15) is 0 Å². The number of hydrogen-bond donors (Lipinski definition) is 0. The first-order valence-electron chi connectivity index (χ1n) is 6.26. The molecule has 98 valence electrons. The van der Waals surface area contributed by atoms with E-state index in [1.165, 1.54) is 6.92 Å². The van der Waals surface area contributed by atoms with Crippen LogP contribution in [0.1, 0.15) is 47.0 Å². The van der Waals surface area contributed by atoms with Crippen LogP contribution in [0.4, 0.5) is 0 Å². The molecule has 0 amide bonds. The topological polar surface area (TPSA) is 52.6 Å². The van der Waals surface area contributed by atoms with Gasteiger partial charge in [-0.1, -0.05) is 13.8 Å². The van der Waals surface area contributed by atoms with Crippen LogP contribution in [-0.4, -0.2) is 30.6 Å². The number of ether oxygens (including phenoxy) is 2. The smallest absolute Gasteiger partial charge is 0.314 e. The molecular formula is C13H22O4. The Morgan fingerprint density at radius 1 is 1.35 bits per heavy atom. The summed E-state index contributed by atoms with van der Waals surface area (Å²) in [4.78, 5) is 22.9. The van der Waals surface area contributed by atoms with Crippen molar-refractivity contribution < 1.29 is 19.1 Å². The average Bonchev–Trinajstić information content (AvgIpc) is 2.63. The van der Waals surface area contributed by atoms with Gasteiger partial charge in [0.15, 0.2) is 5.78 Å². The maximum atomic E-state index is 12.0. The highest BCUT2D eigenvalue weighted by Crippen LogP contribution is 2.41. The molecule has 1 aliphatic rings. The highest BCUT2D eigenvalue weighted by atomic mass is 16.5. The Kier molecular flexibility index (Phi) is 4.69. The van der Waals surface area contributed by atoms with E-state index in [2.05, 4.69) is 0 Å². The largest absolute Gasteiger partial charge is 0.457 e. The molecule has 0 aromatic heterocycles. The van der Waals surface area contributed by atoms with Crippen LogP contribution in [-0.2, 0) is 19.1 Å². The Labute approximate surface area is 103 Å². The third-order valence-electron chi connectivity index (χ3n) is 3.42. The molecule has 0 N–H and O–H groups in total. The van der Waals surface area contributed by atoms with E-state index in [1.54, 1.807) is 0 Å². The minimum Gasteiger partial charge on any atom is -0.457 e. The molecule has 0 aromatic rings. The van der Waals surface area contributed by atoms with Gasteiger partial charge in [0.1, 0.15) is 6.61 Å². The number of hydrogen-bond acceptors (Lipinski definition) is 4. The predicted molar refractivity (Wildman–Crippen MR) is 63.6 cm³/mol. The molecule has 0 bridgehead atoms. The molecule has 1 rings (SSSR count).